The minimum Gasteiger partial charge on any atom is -0.370 e. The van der Waals surface area contributed by atoms with Crippen LogP contribution in [0.3, 0.4) is 0 Å². The lowest BCUT2D eigenvalue weighted by Crippen LogP contribution is -2.30. The third kappa shape index (κ3) is 3.82. The molecule has 0 unspecified atom stereocenters. The number of pyridine rings is 1. The molecule has 3 rings (SSSR count). The zero-order valence-corrected chi connectivity index (χ0v) is 13.9. The Morgan fingerprint density at radius 2 is 1.96 bits per heavy atom. The summed E-state index contributed by atoms with van der Waals surface area (Å²) in [6, 6.07) is 9.28. The Balaban J connectivity index is 1.84. The number of nitrogens with one attached hydrogen (secondary N) is 1. The van der Waals surface area contributed by atoms with Crippen molar-refractivity contribution in [1.82, 2.24) is 4.98 Å². The highest BCUT2D eigenvalue weighted by molar-refractivity contribution is 6.31. The predicted octanol–water partition coefficient (Wildman–Crippen LogP) is 4.29. The summed E-state index contributed by atoms with van der Waals surface area (Å²) < 4.78 is 0. The highest BCUT2D eigenvalue weighted by atomic mass is 35.5. The van der Waals surface area contributed by atoms with E-state index in [2.05, 4.69) is 15.2 Å². The van der Waals surface area contributed by atoms with Crippen molar-refractivity contribution < 1.29 is 4.79 Å². The monoisotopic (exact) mass is 329 g/mol. The molecule has 1 N–H and O–H groups in total. The molecule has 1 aliphatic heterocycles. The molecule has 5 heteroatoms. The fraction of sp³-hybridized carbons (Fsp3) is 0.333. The summed E-state index contributed by atoms with van der Waals surface area (Å²) in [6.07, 6.45) is 5.21. The topological polar surface area (TPSA) is 45.2 Å². The Bertz CT molecular complexity index is 694. The van der Waals surface area contributed by atoms with Crippen molar-refractivity contribution in [3.8, 4) is 0 Å². The summed E-state index contributed by atoms with van der Waals surface area (Å²) >= 11 is 6.12. The fourth-order valence-electron chi connectivity index (χ4n) is 2.82. The van der Waals surface area contributed by atoms with Crippen molar-refractivity contribution in [3.63, 3.8) is 0 Å². The Morgan fingerprint density at radius 1 is 1.17 bits per heavy atom. The van der Waals surface area contributed by atoms with Crippen LogP contribution in [0, 0.1) is 6.92 Å². The molecule has 4 nitrogen and oxygen atoms in total. The lowest BCUT2D eigenvalue weighted by atomic mass is 10.1. The van der Waals surface area contributed by atoms with Gasteiger partial charge in [0, 0.05) is 30.0 Å². The highest BCUT2D eigenvalue weighted by Gasteiger charge is 2.17. The van der Waals surface area contributed by atoms with Crippen molar-refractivity contribution >= 4 is 28.9 Å². The number of carbonyl (C=O) groups is 1. The minimum atomic E-state index is -0.168. The molecule has 0 radical (unpaired) electrons. The van der Waals surface area contributed by atoms with Crippen LogP contribution < -0.4 is 10.2 Å². The quantitative estimate of drug-likeness (QED) is 0.913. The molecule has 1 fully saturated rings. The Kier molecular flexibility index (Phi) is 4.82. The van der Waals surface area contributed by atoms with Crippen molar-refractivity contribution in [3.05, 3.63) is 52.8 Å². The number of benzene rings is 1. The molecule has 2 heterocycles. The van der Waals surface area contributed by atoms with E-state index in [1.807, 2.05) is 31.2 Å². The van der Waals surface area contributed by atoms with E-state index in [1.165, 1.54) is 19.3 Å². The third-order valence-corrected chi connectivity index (χ3v) is 4.31. The van der Waals surface area contributed by atoms with E-state index in [9.17, 15) is 4.79 Å². The number of aromatic nitrogens is 1. The maximum Gasteiger partial charge on any atom is 0.257 e. The van der Waals surface area contributed by atoms with Gasteiger partial charge in [-0.2, -0.15) is 0 Å². The Morgan fingerprint density at radius 3 is 2.65 bits per heavy atom. The van der Waals surface area contributed by atoms with E-state index < -0.39 is 0 Å². The maximum atomic E-state index is 12.5. The Labute approximate surface area is 141 Å². The first-order valence-electron chi connectivity index (χ1n) is 7.92. The molecular weight excluding hydrogens is 310 g/mol. The minimum absolute atomic E-state index is 0.168. The molecule has 0 spiro atoms. The van der Waals surface area contributed by atoms with Gasteiger partial charge in [-0.3, -0.25) is 9.78 Å². The molecular formula is C18H20ClN3O. The molecule has 1 aliphatic rings. The van der Waals surface area contributed by atoms with E-state index in [0.717, 1.165) is 30.2 Å². The second kappa shape index (κ2) is 7.01. The van der Waals surface area contributed by atoms with Gasteiger partial charge in [0.15, 0.2) is 0 Å². The lowest BCUT2D eigenvalue weighted by molar-refractivity contribution is 0.102. The molecule has 0 aliphatic carbocycles. The van der Waals surface area contributed by atoms with E-state index in [-0.39, 0.29) is 5.91 Å². The average molecular weight is 330 g/mol. The van der Waals surface area contributed by atoms with Crippen molar-refractivity contribution in [2.45, 2.75) is 26.2 Å². The molecule has 1 saturated heterocycles. The third-order valence-electron chi connectivity index (χ3n) is 4.08. The van der Waals surface area contributed by atoms with Crippen LogP contribution in [0.4, 0.5) is 11.4 Å². The van der Waals surface area contributed by atoms with Crippen molar-refractivity contribution in [2.24, 2.45) is 0 Å². The van der Waals surface area contributed by atoms with Crippen molar-refractivity contribution in [1.29, 1.82) is 0 Å². The number of halogens is 1. The number of hydrogen-bond acceptors (Lipinski definition) is 3. The number of nitrogens with zero attached hydrogens (tertiary/aromatic N) is 2. The van der Waals surface area contributed by atoms with Gasteiger partial charge in [0.2, 0.25) is 0 Å². The summed E-state index contributed by atoms with van der Waals surface area (Å²) in [5.41, 5.74) is 3.21. The number of carbonyl (C=O) groups excluding carboxylic acids is 1. The van der Waals surface area contributed by atoms with Crippen LogP contribution >= 0.6 is 11.6 Å². The summed E-state index contributed by atoms with van der Waals surface area (Å²) in [4.78, 5) is 18.9. The highest BCUT2D eigenvalue weighted by Crippen LogP contribution is 2.31. The first kappa shape index (κ1) is 15.8. The fourth-order valence-corrected chi connectivity index (χ4v) is 2.99. The molecule has 2 aromatic rings. The van der Waals surface area contributed by atoms with E-state index in [1.54, 1.807) is 12.3 Å². The predicted molar refractivity (Wildman–Crippen MR) is 94.4 cm³/mol. The van der Waals surface area contributed by atoms with Crippen LogP contribution in [0.5, 0.6) is 0 Å². The van der Waals surface area contributed by atoms with Gasteiger partial charge in [-0.25, -0.2) is 0 Å². The van der Waals surface area contributed by atoms with Crippen LogP contribution in [-0.2, 0) is 0 Å². The average Bonchev–Trinajstić information content (AvgIpc) is 2.56. The Hall–Kier alpha value is -2.07. The molecule has 120 valence electrons. The van der Waals surface area contributed by atoms with E-state index >= 15 is 0 Å². The first-order valence-corrected chi connectivity index (χ1v) is 8.30. The van der Waals surface area contributed by atoms with Crippen molar-refractivity contribution in [2.75, 3.05) is 23.3 Å². The molecule has 1 aromatic heterocycles. The molecule has 23 heavy (non-hydrogen) atoms. The van der Waals surface area contributed by atoms with Crippen LogP contribution in [-0.4, -0.2) is 24.0 Å². The number of amides is 1. The first-order chi connectivity index (χ1) is 11.1. The van der Waals surface area contributed by atoms with Crippen LogP contribution in [0.1, 0.15) is 35.3 Å². The number of anilines is 2. The lowest BCUT2D eigenvalue weighted by Gasteiger charge is -2.30. The van der Waals surface area contributed by atoms with E-state index in [4.69, 9.17) is 11.6 Å². The zero-order valence-electron chi connectivity index (χ0n) is 13.2. The van der Waals surface area contributed by atoms with Gasteiger partial charge >= 0.3 is 0 Å². The second-order valence-corrected chi connectivity index (χ2v) is 6.29. The summed E-state index contributed by atoms with van der Waals surface area (Å²) in [5.74, 6) is -0.168. The largest absolute Gasteiger partial charge is 0.370 e. The number of hydrogen-bond donors (Lipinski definition) is 1. The summed E-state index contributed by atoms with van der Waals surface area (Å²) in [5, 5.41) is 3.59. The molecule has 1 amide bonds. The normalized spacial score (nSPS) is 14.6. The van der Waals surface area contributed by atoms with Gasteiger partial charge in [0.1, 0.15) is 0 Å². The van der Waals surface area contributed by atoms with Gasteiger partial charge in [0.25, 0.3) is 5.91 Å². The second-order valence-electron chi connectivity index (χ2n) is 5.85. The number of piperidine rings is 1. The van der Waals surface area contributed by atoms with Gasteiger partial charge in [0.05, 0.1) is 16.9 Å². The van der Waals surface area contributed by atoms with Crippen LogP contribution in [0.2, 0.25) is 5.02 Å². The summed E-state index contributed by atoms with van der Waals surface area (Å²) in [6.45, 7) is 3.92. The number of rotatable bonds is 3. The van der Waals surface area contributed by atoms with Crippen LogP contribution in [0.25, 0.3) is 0 Å². The molecule has 0 atom stereocenters. The molecule has 1 aromatic carbocycles. The smallest absolute Gasteiger partial charge is 0.257 e. The van der Waals surface area contributed by atoms with Gasteiger partial charge in [-0.15, -0.1) is 0 Å². The zero-order chi connectivity index (χ0) is 16.2. The SMILES string of the molecule is Cc1ccc(C(=O)Nc2cc(Cl)ccc2N2CCCCC2)cn1. The van der Waals surface area contributed by atoms with Gasteiger partial charge in [-0.1, -0.05) is 11.6 Å². The molecule has 0 bridgehead atoms. The van der Waals surface area contributed by atoms with Gasteiger partial charge < -0.3 is 10.2 Å². The standard InChI is InChI=1S/C18H20ClN3O/c1-13-5-6-14(12-20-13)18(23)21-16-11-15(19)7-8-17(16)22-9-3-2-4-10-22/h5-8,11-12H,2-4,9-10H2,1H3,(H,21,23). The number of aryl methyl sites for hydroxylation is 1. The maximum absolute atomic E-state index is 12.5. The van der Waals surface area contributed by atoms with Crippen LogP contribution in [0.15, 0.2) is 36.5 Å². The van der Waals surface area contributed by atoms with Gasteiger partial charge in [-0.05, 0) is 56.5 Å². The van der Waals surface area contributed by atoms with E-state index in [0.29, 0.717) is 10.6 Å². The summed E-state index contributed by atoms with van der Waals surface area (Å²) in [7, 11) is 0. The molecule has 0 saturated carbocycles.